The highest BCUT2D eigenvalue weighted by molar-refractivity contribution is 9.10. The van der Waals surface area contributed by atoms with E-state index in [1.165, 1.54) is 16.8 Å². The molecule has 21 heavy (non-hydrogen) atoms. The maximum Gasteiger partial charge on any atom is 0.119 e. The van der Waals surface area contributed by atoms with Gasteiger partial charge in [-0.15, -0.1) is 0 Å². The van der Waals surface area contributed by atoms with E-state index in [1.54, 1.807) is 0 Å². The number of nitrogens with one attached hydrogen (secondary N) is 1. The molecule has 0 amide bonds. The Hall–Kier alpha value is -1.48. The molecular formula is C18H22BrNO. The van der Waals surface area contributed by atoms with Crippen LogP contribution in [-0.2, 0) is 6.42 Å². The molecule has 0 aliphatic rings. The van der Waals surface area contributed by atoms with Crippen LogP contribution in [0.5, 0.6) is 5.75 Å². The molecule has 112 valence electrons. The quantitative estimate of drug-likeness (QED) is 0.775. The van der Waals surface area contributed by atoms with Crippen molar-refractivity contribution < 1.29 is 4.74 Å². The highest BCUT2D eigenvalue weighted by Gasteiger charge is 2.06. The maximum absolute atomic E-state index is 5.52. The fraction of sp³-hybridized carbons (Fsp3) is 0.333. The summed E-state index contributed by atoms with van der Waals surface area (Å²) >= 11 is 3.47. The van der Waals surface area contributed by atoms with Gasteiger partial charge in [0.25, 0.3) is 0 Å². The Balaban J connectivity index is 1.98. The minimum Gasteiger partial charge on any atom is -0.494 e. The van der Waals surface area contributed by atoms with Crippen LogP contribution in [0.3, 0.4) is 0 Å². The second kappa shape index (κ2) is 7.51. The van der Waals surface area contributed by atoms with E-state index < -0.39 is 0 Å². The number of halogens is 1. The molecule has 2 rings (SSSR count). The maximum atomic E-state index is 5.52. The molecule has 0 radical (unpaired) electrons. The first-order valence-electron chi connectivity index (χ1n) is 7.33. The predicted molar refractivity (Wildman–Crippen MR) is 93.3 cm³/mol. The first kappa shape index (κ1) is 15.9. The largest absolute Gasteiger partial charge is 0.494 e. The van der Waals surface area contributed by atoms with E-state index in [0.717, 1.165) is 16.6 Å². The van der Waals surface area contributed by atoms with Gasteiger partial charge in [0.1, 0.15) is 5.75 Å². The zero-order valence-corrected chi connectivity index (χ0v) is 14.4. The summed E-state index contributed by atoms with van der Waals surface area (Å²) in [5, 5.41) is 3.58. The van der Waals surface area contributed by atoms with Gasteiger partial charge < -0.3 is 10.1 Å². The third kappa shape index (κ3) is 4.78. The Bertz CT molecular complexity index is 580. The molecule has 3 heteroatoms. The van der Waals surface area contributed by atoms with Crippen LogP contribution < -0.4 is 10.1 Å². The van der Waals surface area contributed by atoms with Crippen molar-refractivity contribution in [1.29, 1.82) is 0 Å². The van der Waals surface area contributed by atoms with Crippen molar-refractivity contribution in [1.82, 2.24) is 0 Å². The number of benzene rings is 2. The summed E-state index contributed by atoms with van der Waals surface area (Å²) in [6.07, 6.45) is 1.000. The van der Waals surface area contributed by atoms with Crippen molar-refractivity contribution in [2.75, 3.05) is 11.9 Å². The molecule has 0 bridgehead atoms. The van der Waals surface area contributed by atoms with Gasteiger partial charge in [0.2, 0.25) is 0 Å². The second-order valence-corrected chi connectivity index (χ2v) is 6.20. The summed E-state index contributed by atoms with van der Waals surface area (Å²) in [6.45, 7) is 7.02. The minimum absolute atomic E-state index is 0.378. The van der Waals surface area contributed by atoms with Crippen LogP contribution in [0.15, 0.2) is 46.9 Å². The first-order chi connectivity index (χ1) is 10.1. The number of anilines is 1. The molecule has 0 aliphatic heterocycles. The van der Waals surface area contributed by atoms with Gasteiger partial charge in [-0.1, -0.05) is 28.1 Å². The molecular weight excluding hydrogens is 326 g/mol. The Morgan fingerprint density at radius 3 is 2.48 bits per heavy atom. The lowest BCUT2D eigenvalue weighted by Crippen LogP contribution is -2.18. The normalized spacial score (nSPS) is 12.0. The van der Waals surface area contributed by atoms with Gasteiger partial charge in [-0.2, -0.15) is 0 Å². The summed E-state index contributed by atoms with van der Waals surface area (Å²) in [7, 11) is 0. The van der Waals surface area contributed by atoms with Gasteiger partial charge in [0.15, 0.2) is 0 Å². The molecule has 2 aromatic carbocycles. The van der Waals surface area contributed by atoms with Gasteiger partial charge in [-0.25, -0.2) is 0 Å². The van der Waals surface area contributed by atoms with Crippen molar-refractivity contribution in [2.45, 2.75) is 33.2 Å². The van der Waals surface area contributed by atoms with Gasteiger partial charge >= 0.3 is 0 Å². The molecule has 0 heterocycles. The third-order valence-corrected chi connectivity index (χ3v) is 3.89. The molecule has 0 aliphatic carbocycles. The first-order valence-corrected chi connectivity index (χ1v) is 8.12. The number of hydrogen-bond acceptors (Lipinski definition) is 2. The van der Waals surface area contributed by atoms with Crippen LogP contribution in [0, 0.1) is 6.92 Å². The zero-order chi connectivity index (χ0) is 15.2. The highest BCUT2D eigenvalue weighted by atomic mass is 79.9. The van der Waals surface area contributed by atoms with E-state index in [4.69, 9.17) is 4.74 Å². The molecule has 0 fully saturated rings. The Morgan fingerprint density at radius 2 is 1.86 bits per heavy atom. The van der Waals surface area contributed by atoms with Crippen LogP contribution in [0.4, 0.5) is 5.69 Å². The highest BCUT2D eigenvalue weighted by Crippen LogP contribution is 2.22. The smallest absolute Gasteiger partial charge is 0.119 e. The molecule has 2 aromatic rings. The lowest BCUT2D eigenvalue weighted by molar-refractivity contribution is 0.340. The second-order valence-electron chi connectivity index (χ2n) is 5.29. The van der Waals surface area contributed by atoms with Gasteiger partial charge in [-0.05, 0) is 68.7 Å². The molecule has 1 atom stereocenters. The summed E-state index contributed by atoms with van der Waals surface area (Å²) in [5.74, 6) is 0.932. The molecule has 0 saturated heterocycles. The number of aryl methyl sites for hydroxylation is 1. The molecule has 1 N–H and O–H groups in total. The molecule has 1 unspecified atom stereocenters. The Kier molecular flexibility index (Phi) is 5.68. The number of rotatable bonds is 6. The zero-order valence-electron chi connectivity index (χ0n) is 12.8. The van der Waals surface area contributed by atoms with E-state index in [1.807, 2.05) is 13.0 Å². The van der Waals surface area contributed by atoms with Gasteiger partial charge in [0.05, 0.1) is 6.61 Å². The molecule has 2 nitrogen and oxygen atoms in total. The fourth-order valence-electron chi connectivity index (χ4n) is 2.35. The van der Waals surface area contributed by atoms with E-state index in [2.05, 4.69) is 71.5 Å². The van der Waals surface area contributed by atoms with Crippen LogP contribution in [0.2, 0.25) is 0 Å². The number of ether oxygens (including phenoxy) is 1. The monoisotopic (exact) mass is 347 g/mol. The lowest BCUT2D eigenvalue weighted by Gasteiger charge is -2.18. The van der Waals surface area contributed by atoms with E-state index in [9.17, 15) is 0 Å². The third-order valence-electron chi connectivity index (χ3n) is 3.37. The summed E-state index contributed by atoms with van der Waals surface area (Å²) in [5.41, 5.74) is 3.72. The van der Waals surface area contributed by atoms with E-state index in [0.29, 0.717) is 12.6 Å². The standard InChI is InChI=1S/C18H22BrNO/c1-4-21-17-9-10-18(13(2)11-17)20-14(3)12-15-5-7-16(19)8-6-15/h5-11,14,20H,4,12H2,1-3H3. The van der Waals surface area contributed by atoms with Crippen molar-refractivity contribution in [2.24, 2.45) is 0 Å². The van der Waals surface area contributed by atoms with Crippen LogP contribution in [-0.4, -0.2) is 12.6 Å². The van der Waals surface area contributed by atoms with E-state index >= 15 is 0 Å². The van der Waals surface area contributed by atoms with Crippen LogP contribution >= 0.6 is 15.9 Å². The summed E-state index contributed by atoms with van der Waals surface area (Å²) in [4.78, 5) is 0. The minimum atomic E-state index is 0.378. The Labute approximate surface area is 135 Å². The predicted octanol–water partition coefficient (Wildman–Crippen LogP) is 5.20. The van der Waals surface area contributed by atoms with Crippen molar-refractivity contribution in [3.05, 3.63) is 58.1 Å². The van der Waals surface area contributed by atoms with Crippen LogP contribution in [0.1, 0.15) is 25.0 Å². The molecule has 0 spiro atoms. The number of hydrogen-bond donors (Lipinski definition) is 1. The van der Waals surface area contributed by atoms with Crippen molar-refractivity contribution in [3.63, 3.8) is 0 Å². The topological polar surface area (TPSA) is 21.3 Å². The van der Waals surface area contributed by atoms with Crippen molar-refractivity contribution in [3.8, 4) is 5.75 Å². The summed E-state index contributed by atoms with van der Waals surface area (Å²) < 4.78 is 6.64. The fourth-order valence-corrected chi connectivity index (χ4v) is 2.61. The average molecular weight is 348 g/mol. The molecule has 0 saturated carbocycles. The summed E-state index contributed by atoms with van der Waals surface area (Å²) in [6, 6.07) is 15.1. The van der Waals surface area contributed by atoms with Crippen molar-refractivity contribution >= 4 is 21.6 Å². The molecule has 0 aromatic heterocycles. The average Bonchev–Trinajstić information content (AvgIpc) is 2.45. The van der Waals surface area contributed by atoms with E-state index in [-0.39, 0.29) is 0 Å². The SMILES string of the molecule is CCOc1ccc(NC(C)Cc2ccc(Br)cc2)c(C)c1. The van der Waals surface area contributed by atoms with Crippen LogP contribution in [0.25, 0.3) is 0 Å². The Morgan fingerprint density at radius 1 is 1.14 bits per heavy atom. The van der Waals surface area contributed by atoms with Gasteiger partial charge in [-0.3, -0.25) is 0 Å². The van der Waals surface area contributed by atoms with Gasteiger partial charge in [0, 0.05) is 16.2 Å². The lowest BCUT2D eigenvalue weighted by atomic mass is 10.1.